The maximum atomic E-state index is 0. The van der Waals surface area contributed by atoms with E-state index in [1.807, 2.05) is 0 Å². The third-order valence-electron chi connectivity index (χ3n) is 0. The first-order valence-electron chi connectivity index (χ1n) is 0. The van der Waals surface area contributed by atoms with E-state index < -0.39 is 0 Å². The predicted octanol–water partition coefficient (Wildman–Crippen LogP) is -0.388. The van der Waals surface area contributed by atoms with Gasteiger partial charge in [0, 0.05) is 84.7 Å². The van der Waals surface area contributed by atoms with Crippen molar-refractivity contribution in [3.8, 4) is 0 Å². The van der Waals surface area contributed by atoms with E-state index in [9.17, 15) is 0 Å². The third-order valence-corrected chi connectivity index (χ3v) is 0. The molecule has 0 heterocycles. The molecule has 0 spiro atoms. The zero-order valence-corrected chi connectivity index (χ0v) is 13.6. The summed E-state index contributed by atoms with van der Waals surface area (Å²) in [5.74, 6) is 0. The van der Waals surface area contributed by atoms with E-state index in [0.717, 1.165) is 0 Å². The molecule has 4 heavy (non-hydrogen) atoms. The first-order valence-corrected chi connectivity index (χ1v) is 0. The molecule has 0 aliphatic heterocycles. The van der Waals surface area contributed by atoms with Crippen molar-refractivity contribution in [1.29, 1.82) is 0 Å². The van der Waals surface area contributed by atoms with E-state index in [4.69, 9.17) is 0 Å². The molecule has 0 rings (SSSR count). The molecule has 0 fully saturated rings. The topological polar surface area (TPSA) is 0 Å². The molecule has 0 aromatic carbocycles. The second kappa shape index (κ2) is 17.1. The van der Waals surface area contributed by atoms with Crippen LogP contribution < -0.4 is 0 Å². The Balaban J connectivity index is 0. The number of rotatable bonds is 0. The Hall–Kier alpha value is 2.76. The normalized spacial score (nSPS) is 0. The van der Waals surface area contributed by atoms with Crippen LogP contribution in [0.4, 0.5) is 0 Å². The zero-order valence-electron chi connectivity index (χ0n) is 1.84. The van der Waals surface area contributed by atoms with Crippen LogP contribution in [0.3, 0.4) is 0 Å². The molecule has 0 aromatic heterocycles. The Labute approximate surface area is 83.4 Å². The average Bonchev–Trinajstić information content (AvgIpc) is 0. The van der Waals surface area contributed by atoms with Crippen molar-refractivity contribution < 1.29 is 67.1 Å². The van der Waals surface area contributed by atoms with Crippen molar-refractivity contribution in [2.75, 3.05) is 0 Å². The van der Waals surface area contributed by atoms with Gasteiger partial charge in [-0.1, -0.05) is 0 Å². The van der Waals surface area contributed by atoms with Crippen molar-refractivity contribution >= 4 is 17.6 Å². The summed E-state index contributed by atoms with van der Waals surface area (Å²) in [5, 5.41) is 0. The van der Waals surface area contributed by atoms with Gasteiger partial charge in [0.2, 0.25) is 0 Å². The largest absolute Gasteiger partial charge is 0 e. The number of hydrogen-bond acceptors (Lipinski definition) is 0. The molecule has 0 amide bonds. The maximum Gasteiger partial charge on any atom is 0 e. The Kier molecular flexibility index (Phi) is 126. The Morgan fingerprint density at radius 3 is 0.500 bits per heavy atom. The van der Waals surface area contributed by atoms with Crippen LogP contribution in [0.2, 0.25) is 0 Å². The van der Waals surface area contributed by atoms with Gasteiger partial charge in [-0.25, -0.2) is 0 Å². The second-order valence-corrected chi connectivity index (χ2v) is 0. The van der Waals surface area contributed by atoms with Gasteiger partial charge in [0.1, 0.15) is 0 Å². The molecule has 0 aliphatic rings. The van der Waals surface area contributed by atoms with Crippen molar-refractivity contribution in [3.63, 3.8) is 0 Å². The fraction of sp³-hybridized carbons (Fsp3) is 0. The van der Waals surface area contributed by atoms with Crippen LogP contribution in [-0.4, -0.2) is 17.6 Å². The summed E-state index contributed by atoms with van der Waals surface area (Å²) >= 11 is 0. The van der Waals surface area contributed by atoms with Gasteiger partial charge in [-0.3, -0.25) is 0 Å². The van der Waals surface area contributed by atoms with Gasteiger partial charge in [-0.2, -0.15) is 0 Å². The van der Waals surface area contributed by atoms with Gasteiger partial charge in [-0.05, 0) is 0 Å². The SMILES string of the molecule is [Ge].[Ta].[Ta].[Ta]. The Morgan fingerprint density at radius 1 is 0.500 bits per heavy atom. The van der Waals surface area contributed by atoms with Crippen molar-refractivity contribution in [2.45, 2.75) is 0 Å². The first kappa shape index (κ1) is 29.4. The van der Waals surface area contributed by atoms with Crippen LogP contribution in [0.15, 0.2) is 0 Å². The molecule has 7 radical (unpaired) electrons. The summed E-state index contributed by atoms with van der Waals surface area (Å²) in [7, 11) is 0. The van der Waals surface area contributed by atoms with Gasteiger partial charge < -0.3 is 0 Å². The van der Waals surface area contributed by atoms with Gasteiger partial charge in [0.05, 0.1) is 0 Å². The Bertz CT molecular complexity index is 3.25. The van der Waals surface area contributed by atoms with Crippen LogP contribution in [-0.2, 0) is 67.1 Å². The summed E-state index contributed by atoms with van der Waals surface area (Å²) in [4.78, 5) is 0. The fourth-order valence-corrected chi connectivity index (χ4v) is 0. The van der Waals surface area contributed by atoms with E-state index in [1.54, 1.807) is 0 Å². The molecule has 4 heteroatoms. The standard InChI is InChI=1S/Ge.3Ta. The van der Waals surface area contributed by atoms with Crippen molar-refractivity contribution in [2.24, 2.45) is 0 Å². The minimum absolute atomic E-state index is 0. The molecule has 0 aromatic rings. The van der Waals surface area contributed by atoms with Crippen LogP contribution in [0.5, 0.6) is 0 Å². The molecular formula is GeTa3. The molecule has 0 unspecified atom stereocenters. The van der Waals surface area contributed by atoms with Crippen LogP contribution in [0.1, 0.15) is 0 Å². The summed E-state index contributed by atoms with van der Waals surface area (Å²) in [5.41, 5.74) is 0. The first-order chi connectivity index (χ1) is 0. The second-order valence-electron chi connectivity index (χ2n) is 0. The monoisotopic (exact) mass is 617 g/mol. The summed E-state index contributed by atoms with van der Waals surface area (Å²) < 4.78 is 0. The Morgan fingerprint density at radius 2 is 0.500 bits per heavy atom. The quantitative estimate of drug-likeness (QED) is 0.326. The molecule has 0 nitrogen and oxygen atoms in total. The van der Waals surface area contributed by atoms with Crippen LogP contribution in [0, 0.1) is 0 Å². The molecule has 0 N–H and O–H groups in total. The van der Waals surface area contributed by atoms with Gasteiger partial charge >= 0.3 is 0 Å². The van der Waals surface area contributed by atoms with Crippen LogP contribution >= 0.6 is 0 Å². The van der Waals surface area contributed by atoms with E-state index in [2.05, 4.69) is 0 Å². The van der Waals surface area contributed by atoms with E-state index >= 15 is 0 Å². The molecule has 0 saturated carbocycles. The van der Waals surface area contributed by atoms with Gasteiger partial charge in [0.15, 0.2) is 0 Å². The molecule has 19 valence electrons. The van der Waals surface area contributed by atoms with Gasteiger partial charge in [0.25, 0.3) is 0 Å². The average molecular weight is 615 g/mol. The predicted molar refractivity (Wildman–Crippen MR) is 5.75 cm³/mol. The molecule has 0 bridgehead atoms. The van der Waals surface area contributed by atoms with Crippen LogP contribution in [0.25, 0.3) is 0 Å². The molecule has 0 atom stereocenters. The van der Waals surface area contributed by atoms with E-state index in [1.165, 1.54) is 0 Å². The molecule has 0 saturated heterocycles. The van der Waals surface area contributed by atoms with Gasteiger partial charge in [-0.15, -0.1) is 0 Å². The fourth-order valence-electron chi connectivity index (χ4n) is 0. The minimum atomic E-state index is 0. The maximum absolute atomic E-state index is 0. The zero-order chi connectivity index (χ0) is 0. The summed E-state index contributed by atoms with van der Waals surface area (Å²) in [6.45, 7) is 0. The smallest absolute Gasteiger partial charge is 0 e. The number of hydrogen-bond donors (Lipinski definition) is 0. The summed E-state index contributed by atoms with van der Waals surface area (Å²) in [6.07, 6.45) is 0. The third kappa shape index (κ3) is 8.83. The van der Waals surface area contributed by atoms with E-state index in [-0.39, 0.29) is 84.7 Å². The minimum Gasteiger partial charge on any atom is 0 e. The summed E-state index contributed by atoms with van der Waals surface area (Å²) in [6, 6.07) is 0. The molecule has 0 aliphatic carbocycles. The van der Waals surface area contributed by atoms with Crippen molar-refractivity contribution in [1.82, 2.24) is 0 Å². The molecular weight excluding hydrogens is 615 g/mol. The van der Waals surface area contributed by atoms with E-state index in [0.29, 0.717) is 0 Å². The van der Waals surface area contributed by atoms with Crippen molar-refractivity contribution in [3.05, 3.63) is 0 Å².